The highest BCUT2D eigenvalue weighted by Gasteiger charge is 2.14. The second-order valence-corrected chi connectivity index (χ2v) is 5.08. The van der Waals surface area contributed by atoms with E-state index in [9.17, 15) is 0 Å². The molecule has 0 aliphatic rings. The zero-order chi connectivity index (χ0) is 15.2. The summed E-state index contributed by atoms with van der Waals surface area (Å²) in [4.78, 5) is 12.9. The monoisotopic (exact) mass is 290 g/mol. The minimum Gasteiger partial charge on any atom is -0.370 e. The molecule has 0 saturated carbocycles. The fraction of sp³-hybridized carbons (Fsp3) is 0.571. The summed E-state index contributed by atoms with van der Waals surface area (Å²) in [5.41, 5.74) is 1.10. The number of hydrogen-bond acceptors (Lipinski definition) is 7. The second kappa shape index (κ2) is 7.01. The molecule has 0 unspecified atom stereocenters. The first-order chi connectivity index (χ1) is 10.1. The van der Waals surface area contributed by atoms with Crippen LogP contribution in [0, 0.1) is 6.92 Å². The van der Waals surface area contributed by atoms with E-state index in [1.165, 1.54) is 0 Å². The van der Waals surface area contributed by atoms with Gasteiger partial charge in [0.25, 0.3) is 0 Å². The molecular weight excluding hydrogens is 268 g/mol. The molecule has 2 aromatic rings. The average Bonchev–Trinajstić information content (AvgIpc) is 2.85. The van der Waals surface area contributed by atoms with E-state index in [-0.39, 0.29) is 0 Å². The van der Waals surface area contributed by atoms with E-state index in [1.54, 1.807) is 13.3 Å². The molecule has 0 aromatic carbocycles. The third-order valence-electron chi connectivity index (χ3n) is 3.02. The van der Waals surface area contributed by atoms with Crippen LogP contribution in [0.25, 0.3) is 0 Å². The average molecular weight is 290 g/mol. The highest BCUT2D eigenvalue weighted by Crippen LogP contribution is 2.28. The molecule has 0 aliphatic carbocycles. The maximum atomic E-state index is 4.96. The lowest BCUT2D eigenvalue weighted by atomic mass is 10.0. The largest absolute Gasteiger partial charge is 0.370 e. The van der Waals surface area contributed by atoms with E-state index in [4.69, 9.17) is 4.52 Å². The highest BCUT2D eigenvalue weighted by molar-refractivity contribution is 5.58. The Morgan fingerprint density at radius 1 is 1.19 bits per heavy atom. The van der Waals surface area contributed by atoms with Gasteiger partial charge in [0.2, 0.25) is 5.89 Å². The number of hydrogen-bond donors (Lipinski definition) is 2. The van der Waals surface area contributed by atoms with Crippen molar-refractivity contribution in [1.29, 1.82) is 0 Å². The predicted molar refractivity (Wildman–Crippen MR) is 81.5 cm³/mol. The van der Waals surface area contributed by atoms with E-state index in [0.717, 1.165) is 23.7 Å². The van der Waals surface area contributed by atoms with Crippen LogP contribution in [0.15, 0.2) is 10.9 Å². The summed E-state index contributed by atoms with van der Waals surface area (Å²) in [6.07, 6.45) is 2.26. The SMILES string of the molecule is CCNc1ncnc(NCCc2noc(C)n2)c1C(C)C. The van der Waals surface area contributed by atoms with Crippen LogP contribution >= 0.6 is 0 Å². The van der Waals surface area contributed by atoms with Crippen molar-refractivity contribution in [3.63, 3.8) is 0 Å². The van der Waals surface area contributed by atoms with Gasteiger partial charge in [-0.05, 0) is 12.8 Å². The molecule has 0 aliphatic heterocycles. The minimum atomic E-state index is 0.329. The van der Waals surface area contributed by atoms with Gasteiger partial charge in [-0.2, -0.15) is 4.98 Å². The minimum absolute atomic E-state index is 0.329. The van der Waals surface area contributed by atoms with Crippen molar-refractivity contribution in [3.05, 3.63) is 23.6 Å². The van der Waals surface area contributed by atoms with Gasteiger partial charge in [-0.3, -0.25) is 0 Å². The van der Waals surface area contributed by atoms with Crippen molar-refractivity contribution >= 4 is 11.6 Å². The Kier molecular flexibility index (Phi) is 5.08. The van der Waals surface area contributed by atoms with Crippen molar-refractivity contribution in [2.75, 3.05) is 23.7 Å². The molecule has 2 aromatic heterocycles. The molecule has 2 rings (SSSR count). The fourth-order valence-electron chi connectivity index (χ4n) is 2.13. The summed E-state index contributed by atoms with van der Waals surface area (Å²) >= 11 is 0. The van der Waals surface area contributed by atoms with Gasteiger partial charge < -0.3 is 15.2 Å². The van der Waals surface area contributed by atoms with E-state index in [0.29, 0.717) is 30.6 Å². The van der Waals surface area contributed by atoms with Gasteiger partial charge in [-0.1, -0.05) is 19.0 Å². The standard InChI is InChI=1S/C14H22N6O/c1-5-15-13-12(9(2)3)14(18-8-17-13)16-7-6-11-19-10(4)21-20-11/h8-9H,5-7H2,1-4H3,(H2,15,16,17,18). The molecular formula is C14H22N6O. The van der Waals surface area contributed by atoms with Gasteiger partial charge in [0.05, 0.1) is 0 Å². The smallest absolute Gasteiger partial charge is 0.223 e. The molecule has 0 radical (unpaired) electrons. The molecule has 0 amide bonds. The Hall–Kier alpha value is -2.18. The fourth-order valence-corrected chi connectivity index (χ4v) is 2.13. The van der Waals surface area contributed by atoms with Crippen molar-refractivity contribution in [2.24, 2.45) is 0 Å². The number of nitrogens with zero attached hydrogens (tertiary/aromatic N) is 4. The zero-order valence-corrected chi connectivity index (χ0v) is 13.0. The topological polar surface area (TPSA) is 88.8 Å². The van der Waals surface area contributed by atoms with Gasteiger partial charge in [-0.25, -0.2) is 9.97 Å². The van der Waals surface area contributed by atoms with Crippen molar-refractivity contribution in [3.8, 4) is 0 Å². The molecule has 0 bridgehead atoms. The summed E-state index contributed by atoms with van der Waals surface area (Å²) in [6.45, 7) is 9.63. The number of aryl methyl sites for hydroxylation is 1. The van der Waals surface area contributed by atoms with Crippen LogP contribution in [0.4, 0.5) is 11.6 Å². The predicted octanol–water partition coefficient (Wildman–Crippen LogP) is 2.38. The van der Waals surface area contributed by atoms with Gasteiger partial charge in [0, 0.05) is 32.0 Å². The van der Waals surface area contributed by atoms with Crippen molar-refractivity contribution in [2.45, 2.75) is 40.0 Å². The summed E-state index contributed by atoms with van der Waals surface area (Å²) < 4.78 is 4.96. The second-order valence-electron chi connectivity index (χ2n) is 5.08. The Bertz CT molecular complexity index is 581. The molecule has 0 saturated heterocycles. The Balaban J connectivity index is 2.06. The summed E-state index contributed by atoms with van der Waals surface area (Å²) in [7, 11) is 0. The quantitative estimate of drug-likeness (QED) is 0.809. The molecule has 7 heteroatoms. The summed E-state index contributed by atoms with van der Waals surface area (Å²) in [5, 5.41) is 10.5. The number of anilines is 2. The maximum absolute atomic E-state index is 4.96. The first kappa shape index (κ1) is 15.2. The van der Waals surface area contributed by atoms with Crippen LogP contribution in [-0.2, 0) is 6.42 Å². The first-order valence-electron chi connectivity index (χ1n) is 7.23. The highest BCUT2D eigenvalue weighted by atomic mass is 16.5. The van der Waals surface area contributed by atoms with Crippen LogP contribution in [0.3, 0.4) is 0 Å². The molecule has 0 atom stereocenters. The Morgan fingerprint density at radius 2 is 1.90 bits per heavy atom. The van der Waals surface area contributed by atoms with Crippen LogP contribution in [0.1, 0.15) is 44.0 Å². The molecule has 2 heterocycles. The molecule has 114 valence electrons. The molecule has 0 fully saturated rings. The normalized spacial score (nSPS) is 10.9. The Labute approximate surface area is 124 Å². The van der Waals surface area contributed by atoms with E-state index in [2.05, 4.69) is 51.5 Å². The van der Waals surface area contributed by atoms with Gasteiger partial charge >= 0.3 is 0 Å². The number of nitrogens with one attached hydrogen (secondary N) is 2. The summed E-state index contributed by atoms with van der Waals surface area (Å²) in [5.74, 6) is 3.36. The zero-order valence-electron chi connectivity index (χ0n) is 13.0. The van der Waals surface area contributed by atoms with E-state index >= 15 is 0 Å². The lowest BCUT2D eigenvalue weighted by Gasteiger charge is -2.17. The first-order valence-corrected chi connectivity index (χ1v) is 7.23. The van der Waals surface area contributed by atoms with Gasteiger partial charge in [-0.15, -0.1) is 0 Å². The maximum Gasteiger partial charge on any atom is 0.223 e. The number of aromatic nitrogens is 4. The number of rotatable bonds is 7. The van der Waals surface area contributed by atoms with Crippen LogP contribution in [-0.4, -0.2) is 33.2 Å². The van der Waals surface area contributed by atoms with Crippen molar-refractivity contribution < 1.29 is 4.52 Å². The van der Waals surface area contributed by atoms with Gasteiger partial charge in [0.15, 0.2) is 5.82 Å². The lowest BCUT2D eigenvalue weighted by Crippen LogP contribution is -2.13. The molecule has 7 nitrogen and oxygen atoms in total. The lowest BCUT2D eigenvalue weighted by molar-refractivity contribution is 0.387. The van der Waals surface area contributed by atoms with Crippen LogP contribution in [0.5, 0.6) is 0 Å². The molecule has 0 spiro atoms. The molecule has 21 heavy (non-hydrogen) atoms. The third-order valence-corrected chi connectivity index (χ3v) is 3.02. The van der Waals surface area contributed by atoms with Crippen LogP contribution in [0.2, 0.25) is 0 Å². The molecule has 2 N–H and O–H groups in total. The van der Waals surface area contributed by atoms with Gasteiger partial charge in [0.1, 0.15) is 18.0 Å². The van der Waals surface area contributed by atoms with E-state index in [1.807, 2.05) is 0 Å². The summed E-state index contributed by atoms with van der Waals surface area (Å²) in [6, 6.07) is 0. The van der Waals surface area contributed by atoms with Crippen molar-refractivity contribution in [1.82, 2.24) is 20.1 Å². The van der Waals surface area contributed by atoms with Crippen LogP contribution < -0.4 is 10.6 Å². The third kappa shape index (κ3) is 3.90. The Morgan fingerprint density at radius 3 is 2.48 bits per heavy atom. The van der Waals surface area contributed by atoms with E-state index < -0.39 is 0 Å².